The minimum absolute atomic E-state index is 0.0409. The quantitative estimate of drug-likeness (QED) is 0.309. The molecule has 7 rings (SSSR count). The molecule has 1 aromatic heterocycles. The number of halogens is 2. The highest BCUT2D eigenvalue weighted by Crippen LogP contribution is 2.55. The molecule has 4 saturated carbocycles. The van der Waals surface area contributed by atoms with Crippen molar-refractivity contribution < 1.29 is 4.79 Å². The largest absolute Gasteiger partial charge is 0.333 e. The number of aryl methyl sites for hydroxylation is 1. The fraction of sp³-hybridized carbons (Fsp3) is 0.464. The first kappa shape index (κ1) is 25.1. The monoisotopic (exact) mass is 555 g/mol. The summed E-state index contributed by atoms with van der Waals surface area (Å²) in [6.07, 6.45) is 7.37. The molecule has 1 heterocycles. The number of carbonyl (C=O) groups is 1. The van der Waals surface area contributed by atoms with Crippen LogP contribution in [0.25, 0.3) is 5.69 Å². The molecule has 37 heavy (non-hydrogen) atoms. The lowest BCUT2D eigenvalue weighted by atomic mass is 9.53. The van der Waals surface area contributed by atoms with E-state index in [1.54, 1.807) is 23.9 Å². The highest BCUT2D eigenvalue weighted by Gasteiger charge is 2.51. The maximum Gasteiger partial charge on any atom is 0.315 e. The van der Waals surface area contributed by atoms with E-state index in [1.165, 1.54) is 30.4 Å². The van der Waals surface area contributed by atoms with Gasteiger partial charge in [-0.15, -0.1) is 10.2 Å². The molecule has 0 unspecified atom stereocenters. The number of urea groups is 1. The summed E-state index contributed by atoms with van der Waals surface area (Å²) in [7, 11) is 0. The van der Waals surface area contributed by atoms with E-state index in [1.807, 2.05) is 10.6 Å². The molecule has 4 fully saturated rings. The Morgan fingerprint density at radius 2 is 1.78 bits per heavy atom. The summed E-state index contributed by atoms with van der Waals surface area (Å²) in [6, 6.07) is 13.7. The van der Waals surface area contributed by atoms with Crippen molar-refractivity contribution in [1.82, 2.24) is 25.4 Å². The molecule has 9 heteroatoms. The van der Waals surface area contributed by atoms with Gasteiger partial charge in [0, 0.05) is 16.3 Å². The molecule has 4 bridgehead atoms. The van der Waals surface area contributed by atoms with Crippen molar-refractivity contribution in [2.45, 2.75) is 68.4 Å². The molecule has 0 aliphatic heterocycles. The van der Waals surface area contributed by atoms with Crippen LogP contribution in [0.5, 0.6) is 0 Å². The number of hydrogen-bond donors (Lipinski definition) is 2. The van der Waals surface area contributed by atoms with Gasteiger partial charge < -0.3 is 10.6 Å². The van der Waals surface area contributed by atoms with E-state index in [4.69, 9.17) is 23.2 Å². The smallest absolute Gasteiger partial charge is 0.315 e. The van der Waals surface area contributed by atoms with Gasteiger partial charge >= 0.3 is 6.03 Å². The van der Waals surface area contributed by atoms with Gasteiger partial charge in [0.15, 0.2) is 11.0 Å². The summed E-state index contributed by atoms with van der Waals surface area (Å²) in [6.45, 7) is 2.33. The van der Waals surface area contributed by atoms with Crippen molar-refractivity contribution in [3.8, 4) is 5.69 Å². The molecule has 2 N–H and O–H groups in total. The van der Waals surface area contributed by atoms with Gasteiger partial charge in [-0.25, -0.2) is 4.79 Å². The van der Waals surface area contributed by atoms with Crippen LogP contribution < -0.4 is 10.6 Å². The third-order valence-electron chi connectivity index (χ3n) is 8.13. The van der Waals surface area contributed by atoms with Crippen molar-refractivity contribution in [2.75, 3.05) is 0 Å². The second-order valence-electron chi connectivity index (χ2n) is 11.1. The number of hydrogen-bond acceptors (Lipinski definition) is 4. The summed E-state index contributed by atoms with van der Waals surface area (Å²) in [4.78, 5) is 13.1. The Morgan fingerprint density at radius 3 is 2.46 bits per heavy atom. The van der Waals surface area contributed by atoms with E-state index in [-0.39, 0.29) is 18.1 Å². The summed E-state index contributed by atoms with van der Waals surface area (Å²) < 4.78 is 1.92. The van der Waals surface area contributed by atoms with Crippen LogP contribution in [-0.4, -0.2) is 26.3 Å². The third-order valence-corrected chi connectivity index (χ3v) is 9.66. The molecule has 0 atom stereocenters. The fourth-order valence-corrected chi connectivity index (χ4v) is 8.47. The van der Waals surface area contributed by atoms with Crippen LogP contribution in [0.15, 0.2) is 47.6 Å². The highest BCUT2D eigenvalue weighted by molar-refractivity contribution is 7.98. The van der Waals surface area contributed by atoms with E-state index in [2.05, 4.69) is 52.0 Å². The zero-order valence-corrected chi connectivity index (χ0v) is 23.2. The molecule has 2 amide bonds. The summed E-state index contributed by atoms with van der Waals surface area (Å²) in [5.41, 5.74) is 3.12. The van der Waals surface area contributed by atoms with E-state index in [0.717, 1.165) is 48.5 Å². The standard InChI is InChI=1S/C28H31Cl2N5OS/c1-17-3-2-4-18(7-17)16-37-27-34-33-25(35(27)24-6-5-22(29)11-23(24)30)15-31-26(36)32-28-12-19-8-20(13-28)10-21(9-19)14-28/h2-7,11,19-21H,8-10,12-16H2,1H3,(H2,31,32,36). The van der Waals surface area contributed by atoms with Gasteiger partial charge in [-0.05, 0) is 87.0 Å². The molecule has 2 aromatic carbocycles. The number of carbonyl (C=O) groups excluding carboxylic acids is 1. The fourth-order valence-electron chi connectivity index (χ4n) is 7.07. The first-order chi connectivity index (χ1) is 17.9. The van der Waals surface area contributed by atoms with Crippen LogP contribution in [0.1, 0.15) is 55.5 Å². The Hall–Kier alpha value is -2.22. The molecule has 0 saturated heterocycles. The summed E-state index contributed by atoms with van der Waals surface area (Å²) in [5, 5.41) is 17.1. The first-order valence-electron chi connectivity index (χ1n) is 13.0. The van der Waals surface area contributed by atoms with E-state index in [0.29, 0.717) is 21.0 Å². The molecule has 0 spiro atoms. The van der Waals surface area contributed by atoms with Gasteiger partial charge in [0.1, 0.15) is 0 Å². The molecule has 6 nitrogen and oxygen atoms in total. The first-order valence-corrected chi connectivity index (χ1v) is 14.7. The van der Waals surface area contributed by atoms with Crippen LogP contribution >= 0.6 is 35.0 Å². The van der Waals surface area contributed by atoms with Crippen molar-refractivity contribution in [3.63, 3.8) is 0 Å². The van der Waals surface area contributed by atoms with E-state index >= 15 is 0 Å². The minimum Gasteiger partial charge on any atom is -0.333 e. The SMILES string of the molecule is Cc1cccc(CSc2nnc(CNC(=O)NC34CC5CC(CC(C5)C3)C4)n2-c2ccc(Cl)cc2Cl)c1. The zero-order valence-electron chi connectivity index (χ0n) is 20.8. The van der Waals surface area contributed by atoms with Crippen molar-refractivity contribution in [3.05, 3.63) is 69.5 Å². The number of nitrogens with zero attached hydrogens (tertiary/aromatic N) is 3. The topological polar surface area (TPSA) is 71.8 Å². The van der Waals surface area contributed by atoms with Gasteiger partial charge in [-0.1, -0.05) is 64.8 Å². The predicted molar refractivity (Wildman–Crippen MR) is 148 cm³/mol. The predicted octanol–water partition coefficient (Wildman–Crippen LogP) is 6.94. The van der Waals surface area contributed by atoms with Gasteiger partial charge in [0.25, 0.3) is 0 Å². The number of amides is 2. The molecule has 194 valence electrons. The van der Waals surface area contributed by atoms with Crippen molar-refractivity contribution in [1.29, 1.82) is 0 Å². The number of aromatic nitrogens is 3. The average Bonchev–Trinajstić information content (AvgIpc) is 3.23. The number of rotatable bonds is 7. The Bertz CT molecular complexity index is 1290. The van der Waals surface area contributed by atoms with Crippen LogP contribution in [0.4, 0.5) is 4.79 Å². The van der Waals surface area contributed by atoms with Gasteiger partial charge in [-0.3, -0.25) is 4.57 Å². The molecule has 4 aliphatic rings. The minimum atomic E-state index is -0.132. The lowest BCUT2D eigenvalue weighted by Crippen LogP contribution is -2.61. The molecular weight excluding hydrogens is 525 g/mol. The van der Waals surface area contributed by atoms with E-state index < -0.39 is 0 Å². The Kier molecular flexibility index (Phi) is 6.88. The second kappa shape index (κ2) is 10.2. The Morgan fingerprint density at radius 1 is 1.05 bits per heavy atom. The lowest BCUT2D eigenvalue weighted by Gasteiger charge is -2.56. The number of benzene rings is 2. The molecule has 4 aliphatic carbocycles. The Labute approximate surface area is 231 Å². The van der Waals surface area contributed by atoms with Crippen LogP contribution in [0, 0.1) is 24.7 Å². The summed E-state index contributed by atoms with van der Waals surface area (Å²) in [5.74, 6) is 3.68. The van der Waals surface area contributed by atoms with Gasteiger partial charge in [0.05, 0.1) is 17.3 Å². The molecule has 3 aromatic rings. The lowest BCUT2D eigenvalue weighted by molar-refractivity contribution is -0.0135. The highest BCUT2D eigenvalue weighted by atomic mass is 35.5. The third kappa shape index (κ3) is 5.36. The number of thioether (sulfide) groups is 1. The number of nitrogens with one attached hydrogen (secondary N) is 2. The zero-order chi connectivity index (χ0) is 25.6. The Balaban J connectivity index is 1.19. The second-order valence-corrected chi connectivity index (χ2v) is 12.9. The molecule has 0 radical (unpaired) electrons. The van der Waals surface area contributed by atoms with Crippen molar-refractivity contribution >= 4 is 41.0 Å². The van der Waals surface area contributed by atoms with Crippen LogP contribution in [0.3, 0.4) is 0 Å². The summed E-state index contributed by atoms with van der Waals surface area (Å²) >= 11 is 14.4. The van der Waals surface area contributed by atoms with E-state index in [9.17, 15) is 4.79 Å². The van der Waals surface area contributed by atoms with Gasteiger partial charge in [-0.2, -0.15) is 0 Å². The molecular formula is C28H31Cl2N5OS. The van der Waals surface area contributed by atoms with Crippen molar-refractivity contribution in [2.24, 2.45) is 17.8 Å². The normalized spacial score (nSPS) is 25.9. The average molecular weight is 557 g/mol. The maximum atomic E-state index is 13.1. The van der Waals surface area contributed by atoms with Gasteiger partial charge in [0.2, 0.25) is 0 Å². The van der Waals surface area contributed by atoms with Crippen LogP contribution in [0.2, 0.25) is 10.0 Å². The maximum absolute atomic E-state index is 13.1. The van der Waals surface area contributed by atoms with Crippen LogP contribution in [-0.2, 0) is 12.3 Å².